The van der Waals surface area contributed by atoms with Gasteiger partial charge in [-0.15, -0.1) is 0 Å². The van der Waals surface area contributed by atoms with Gasteiger partial charge < -0.3 is 15.6 Å². The zero-order valence-corrected chi connectivity index (χ0v) is 14.4. The van der Waals surface area contributed by atoms with Gasteiger partial charge in [0.1, 0.15) is 5.52 Å². The molecule has 0 saturated heterocycles. The molecule has 3 aromatic rings. The molecule has 0 radical (unpaired) electrons. The fourth-order valence-corrected chi connectivity index (χ4v) is 1.57. The summed E-state index contributed by atoms with van der Waals surface area (Å²) in [4.78, 5) is 4.02. The van der Waals surface area contributed by atoms with Gasteiger partial charge in [0, 0.05) is 6.54 Å². The Labute approximate surface area is 138 Å². The van der Waals surface area contributed by atoms with Gasteiger partial charge in [0.05, 0.1) is 6.21 Å². The second-order valence-electron chi connectivity index (χ2n) is 3.85. The van der Waals surface area contributed by atoms with Gasteiger partial charge in [0.15, 0.2) is 5.58 Å². The summed E-state index contributed by atoms with van der Waals surface area (Å²) in [6, 6.07) is 17.4. The largest absolute Gasteiger partial charge is 0.435 e. The van der Waals surface area contributed by atoms with Crippen LogP contribution in [0.1, 0.15) is 39.1 Å². The number of para-hydroxylation sites is 2. The van der Waals surface area contributed by atoms with Crippen molar-refractivity contribution in [3.8, 4) is 0 Å². The molecule has 4 heteroatoms. The Morgan fingerprint density at radius 3 is 2.00 bits per heavy atom. The van der Waals surface area contributed by atoms with Crippen LogP contribution in [0.4, 0.5) is 0 Å². The van der Waals surface area contributed by atoms with Crippen molar-refractivity contribution in [1.29, 1.82) is 5.41 Å². The maximum atomic E-state index is 6.89. The van der Waals surface area contributed by atoms with Crippen LogP contribution >= 0.6 is 0 Å². The molecule has 0 fully saturated rings. The maximum absolute atomic E-state index is 6.89. The highest BCUT2D eigenvalue weighted by Gasteiger charge is 1.99. The summed E-state index contributed by atoms with van der Waals surface area (Å²) < 4.78 is 5.16. The Kier molecular flexibility index (Phi) is 11.8. The molecule has 1 heterocycles. The van der Waals surface area contributed by atoms with Crippen molar-refractivity contribution >= 4 is 17.3 Å². The molecule has 3 rings (SSSR count). The predicted molar refractivity (Wildman–Crippen MR) is 98.9 cm³/mol. The van der Waals surface area contributed by atoms with Gasteiger partial charge in [0.2, 0.25) is 5.89 Å². The average Bonchev–Trinajstić information content (AvgIpc) is 3.09. The van der Waals surface area contributed by atoms with E-state index in [1.165, 1.54) is 5.56 Å². The third kappa shape index (κ3) is 7.38. The van der Waals surface area contributed by atoms with Gasteiger partial charge in [0.25, 0.3) is 0 Å². The molecule has 1 aromatic heterocycles. The van der Waals surface area contributed by atoms with Crippen LogP contribution in [-0.4, -0.2) is 11.2 Å². The molecule has 0 bridgehead atoms. The molecule has 0 amide bonds. The van der Waals surface area contributed by atoms with E-state index in [1.807, 2.05) is 82.3 Å². The van der Waals surface area contributed by atoms with E-state index >= 15 is 0 Å². The lowest BCUT2D eigenvalue weighted by Gasteiger charge is -1.90. The van der Waals surface area contributed by atoms with E-state index in [9.17, 15) is 0 Å². The van der Waals surface area contributed by atoms with E-state index in [0.717, 1.165) is 17.3 Å². The fourth-order valence-electron chi connectivity index (χ4n) is 1.57. The van der Waals surface area contributed by atoms with E-state index in [-0.39, 0.29) is 0 Å². The molecule has 0 spiro atoms. The minimum Gasteiger partial charge on any atom is -0.435 e. The summed E-state index contributed by atoms with van der Waals surface area (Å²) in [5.74, 6) is 0.353. The van der Waals surface area contributed by atoms with Crippen LogP contribution in [-0.2, 0) is 6.54 Å². The van der Waals surface area contributed by atoms with Crippen LogP contribution in [0.25, 0.3) is 11.1 Å². The number of benzene rings is 2. The van der Waals surface area contributed by atoms with Gasteiger partial charge >= 0.3 is 0 Å². The lowest BCUT2D eigenvalue weighted by atomic mass is 10.2. The molecule has 3 N–H and O–H groups in total. The van der Waals surface area contributed by atoms with Crippen LogP contribution < -0.4 is 5.73 Å². The van der Waals surface area contributed by atoms with Crippen LogP contribution in [0.3, 0.4) is 0 Å². The second kappa shape index (κ2) is 13.2. The molecule has 0 aliphatic heterocycles. The molecule has 23 heavy (non-hydrogen) atoms. The minimum atomic E-state index is 0.353. The summed E-state index contributed by atoms with van der Waals surface area (Å²) in [7, 11) is 0. The van der Waals surface area contributed by atoms with E-state index in [0.29, 0.717) is 12.4 Å². The van der Waals surface area contributed by atoms with Crippen LogP contribution in [0, 0.1) is 5.41 Å². The molecule has 0 aliphatic carbocycles. The third-order valence-electron chi connectivity index (χ3n) is 2.51. The number of nitrogens with two attached hydrogens (primary N) is 1. The van der Waals surface area contributed by atoms with Crippen molar-refractivity contribution in [2.75, 3.05) is 0 Å². The van der Waals surface area contributed by atoms with E-state index < -0.39 is 0 Å². The average molecular weight is 313 g/mol. The number of rotatable bonds is 2. The summed E-state index contributed by atoms with van der Waals surface area (Å²) >= 11 is 0. The summed E-state index contributed by atoms with van der Waals surface area (Å²) in [6.45, 7) is 8.64. The van der Waals surface area contributed by atoms with E-state index in [1.54, 1.807) is 0 Å². The maximum Gasteiger partial charge on any atom is 0.237 e. The molecule has 0 saturated carbocycles. The van der Waals surface area contributed by atoms with Gasteiger partial charge in [-0.05, 0) is 17.7 Å². The number of hydrogen-bond acceptors (Lipinski definition) is 4. The van der Waals surface area contributed by atoms with Gasteiger partial charge in [-0.25, -0.2) is 4.98 Å². The first-order valence-corrected chi connectivity index (χ1v) is 7.93. The SMILES string of the molecule is CC.CC.N=Cc1nc2ccccc2o1.NCc1ccccc1. The van der Waals surface area contributed by atoms with Crippen molar-refractivity contribution in [2.45, 2.75) is 34.2 Å². The fraction of sp³-hybridized carbons (Fsp3) is 0.263. The summed E-state index contributed by atoms with van der Waals surface area (Å²) in [5, 5.41) is 6.89. The van der Waals surface area contributed by atoms with Crippen LogP contribution in [0.15, 0.2) is 59.0 Å². The first-order chi connectivity index (χ1) is 11.3. The minimum absolute atomic E-state index is 0.353. The van der Waals surface area contributed by atoms with Crippen molar-refractivity contribution in [3.63, 3.8) is 0 Å². The molecule has 0 unspecified atom stereocenters. The Morgan fingerprint density at radius 2 is 1.52 bits per heavy atom. The van der Waals surface area contributed by atoms with Crippen LogP contribution in [0.2, 0.25) is 0 Å². The highest BCUT2D eigenvalue weighted by Crippen LogP contribution is 2.12. The Morgan fingerprint density at radius 1 is 0.957 bits per heavy atom. The normalized spacial score (nSPS) is 8.57. The number of nitrogens with one attached hydrogen (secondary N) is 1. The molecule has 2 aromatic carbocycles. The highest BCUT2D eigenvalue weighted by atomic mass is 16.3. The zero-order chi connectivity index (χ0) is 17.5. The standard InChI is InChI=1S/C8H6N2O.C7H9N.2C2H6/c9-5-8-10-6-3-1-2-4-7(6)11-8;8-6-7-4-2-1-3-5-7;2*1-2/h1-5,9H;1-5H,6,8H2;2*1-2H3. The van der Waals surface area contributed by atoms with Gasteiger partial charge in [-0.1, -0.05) is 70.2 Å². The van der Waals surface area contributed by atoms with Gasteiger partial charge in [-0.2, -0.15) is 0 Å². The number of nitrogens with zero attached hydrogens (tertiary/aromatic N) is 1. The van der Waals surface area contributed by atoms with Crippen molar-refractivity contribution in [1.82, 2.24) is 4.98 Å². The quantitative estimate of drug-likeness (QED) is 0.652. The van der Waals surface area contributed by atoms with Gasteiger partial charge in [-0.3, -0.25) is 0 Å². The Balaban J connectivity index is 0.000000358. The molecule has 124 valence electrons. The third-order valence-corrected chi connectivity index (χ3v) is 2.51. The topological polar surface area (TPSA) is 75.9 Å². The Hall–Kier alpha value is -2.46. The number of oxazole rings is 1. The number of hydrogen-bond donors (Lipinski definition) is 2. The van der Waals surface area contributed by atoms with E-state index in [4.69, 9.17) is 15.6 Å². The molecule has 0 aliphatic rings. The number of fused-ring (bicyclic) bond motifs is 1. The lowest BCUT2D eigenvalue weighted by molar-refractivity contribution is 0.593. The van der Waals surface area contributed by atoms with Crippen molar-refractivity contribution in [2.24, 2.45) is 5.73 Å². The summed E-state index contributed by atoms with van der Waals surface area (Å²) in [5.41, 5.74) is 8.06. The van der Waals surface area contributed by atoms with Crippen LogP contribution in [0.5, 0.6) is 0 Å². The monoisotopic (exact) mass is 313 g/mol. The smallest absolute Gasteiger partial charge is 0.237 e. The van der Waals surface area contributed by atoms with E-state index in [2.05, 4.69) is 4.98 Å². The second-order valence-corrected chi connectivity index (χ2v) is 3.85. The Bertz CT molecular complexity index is 615. The van der Waals surface area contributed by atoms with Crippen molar-refractivity contribution in [3.05, 3.63) is 66.1 Å². The lowest BCUT2D eigenvalue weighted by Crippen LogP contribution is -1.94. The highest BCUT2D eigenvalue weighted by molar-refractivity contribution is 5.79. The zero-order valence-electron chi connectivity index (χ0n) is 14.4. The summed E-state index contributed by atoms with van der Waals surface area (Å²) in [6.07, 6.45) is 1.10. The molecular formula is C19H27N3O. The molecular weight excluding hydrogens is 286 g/mol. The first-order valence-electron chi connectivity index (χ1n) is 7.93. The predicted octanol–water partition coefficient (Wildman–Crippen LogP) is 5.02. The molecule has 4 nitrogen and oxygen atoms in total. The van der Waals surface area contributed by atoms with Crippen molar-refractivity contribution < 1.29 is 4.42 Å². The number of aromatic nitrogens is 1. The first kappa shape index (κ1) is 20.5. The molecule has 0 atom stereocenters.